The molecular weight excluding hydrogens is 256 g/mol. The minimum absolute atomic E-state index is 0.0345. The Hall–Kier alpha value is -1.43. The van der Waals surface area contributed by atoms with Crippen molar-refractivity contribution in [2.75, 3.05) is 19.6 Å². The van der Waals surface area contributed by atoms with Crippen LogP contribution in [0.25, 0.3) is 0 Å². The van der Waals surface area contributed by atoms with Gasteiger partial charge in [0, 0.05) is 19.6 Å². The van der Waals surface area contributed by atoms with Crippen LogP contribution >= 0.6 is 0 Å². The van der Waals surface area contributed by atoms with Crippen molar-refractivity contribution in [3.63, 3.8) is 0 Å². The number of carboxylic acids is 1. The Morgan fingerprint density at radius 3 is 2.55 bits per heavy atom. The lowest BCUT2D eigenvalue weighted by molar-refractivity contribution is 0.0689. The van der Waals surface area contributed by atoms with Gasteiger partial charge in [-0.25, -0.2) is 9.48 Å². The Kier molecular flexibility index (Phi) is 4.00. The standard InChI is InChI=1S/C14H22N4O2/c19-14(20)13-10-18(16-15-13)12-8-17(9-12)7-11-5-3-1-2-4-6-11/h10-12H,1-9H2,(H,19,20). The third-order valence-corrected chi connectivity index (χ3v) is 4.53. The molecule has 2 aliphatic rings. The van der Waals surface area contributed by atoms with Crippen molar-refractivity contribution in [1.82, 2.24) is 19.9 Å². The van der Waals surface area contributed by atoms with Gasteiger partial charge >= 0.3 is 5.97 Å². The number of rotatable bonds is 4. The number of aromatic carboxylic acids is 1. The third-order valence-electron chi connectivity index (χ3n) is 4.53. The summed E-state index contributed by atoms with van der Waals surface area (Å²) in [5.74, 6) is -0.158. The molecule has 3 rings (SSSR count). The molecule has 0 bridgehead atoms. The van der Waals surface area contributed by atoms with Crippen LogP contribution in [0.3, 0.4) is 0 Å². The molecule has 0 atom stereocenters. The zero-order valence-corrected chi connectivity index (χ0v) is 11.7. The van der Waals surface area contributed by atoms with Crippen molar-refractivity contribution < 1.29 is 9.90 Å². The van der Waals surface area contributed by atoms with Crippen molar-refractivity contribution in [2.45, 2.75) is 44.6 Å². The highest BCUT2D eigenvalue weighted by atomic mass is 16.4. The fourth-order valence-electron chi connectivity index (χ4n) is 3.32. The van der Waals surface area contributed by atoms with E-state index in [2.05, 4.69) is 15.2 Å². The van der Waals surface area contributed by atoms with E-state index >= 15 is 0 Å². The van der Waals surface area contributed by atoms with Crippen molar-refractivity contribution >= 4 is 5.97 Å². The van der Waals surface area contributed by atoms with E-state index in [4.69, 9.17) is 5.11 Å². The SMILES string of the molecule is O=C(O)c1cn(C2CN(CC3CCCCCC3)C2)nn1. The fraction of sp³-hybridized carbons (Fsp3) is 0.786. The van der Waals surface area contributed by atoms with E-state index in [9.17, 15) is 4.79 Å². The van der Waals surface area contributed by atoms with Gasteiger partial charge in [0.2, 0.25) is 0 Å². The van der Waals surface area contributed by atoms with Crippen LogP contribution in [0.2, 0.25) is 0 Å². The lowest BCUT2D eigenvalue weighted by Crippen LogP contribution is -2.49. The molecule has 1 N–H and O–H groups in total. The summed E-state index contributed by atoms with van der Waals surface area (Å²) in [5, 5.41) is 16.4. The smallest absolute Gasteiger partial charge is 0.358 e. The van der Waals surface area contributed by atoms with Crippen LogP contribution in [0.1, 0.15) is 55.1 Å². The van der Waals surface area contributed by atoms with E-state index in [1.165, 1.54) is 51.3 Å². The second-order valence-corrected chi connectivity index (χ2v) is 6.12. The van der Waals surface area contributed by atoms with Crippen LogP contribution in [0.15, 0.2) is 6.20 Å². The summed E-state index contributed by atoms with van der Waals surface area (Å²) in [4.78, 5) is 13.2. The molecule has 1 saturated heterocycles. The number of aromatic nitrogens is 3. The minimum Gasteiger partial charge on any atom is -0.476 e. The average Bonchev–Trinajstić information content (AvgIpc) is 2.71. The largest absolute Gasteiger partial charge is 0.476 e. The van der Waals surface area contributed by atoms with E-state index < -0.39 is 5.97 Å². The number of nitrogens with zero attached hydrogens (tertiary/aromatic N) is 4. The zero-order valence-electron chi connectivity index (χ0n) is 11.7. The molecule has 1 aliphatic heterocycles. The maximum absolute atomic E-state index is 10.8. The number of likely N-dealkylation sites (tertiary alicyclic amines) is 1. The first-order valence-electron chi connectivity index (χ1n) is 7.60. The van der Waals surface area contributed by atoms with Crippen LogP contribution in [0.4, 0.5) is 0 Å². The molecular formula is C14H22N4O2. The molecule has 110 valence electrons. The van der Waals surface area contributed by atoms with Gasteiger partial charge in [0.15, 0.2) is 5.69 Å². The van der Waals surface area contributed by atoms with E-state index in [0.717, 1.165) is 19.0 Å². The summed E-state index contributed by atoms with van der Waals surface area (Å²) in [6.45, 7) is 3.13. The molecule has 0 spiro atoms. The van der Waals surface area contributed by atoms with E-state index in [1.807, 2.05) is 0 Å². The monoisotopic (exact) mass is 278 g/mol. The Labute approximate surface area is 118 Å². The summed E-state index contributed by atoms with van der Waals surface area (Å²) >= 11 is 0. The number of carboxylic acid groups (broad SMARTS) is 1. The number of carbonyl (C=O) groups is 1. The van der Waals surface area contributed by atoms with Crippen molar-refractivity contribution in [3.8, 4) is 0 Å². The van der Waals surface area contributed by atoms with E-state index in [-0.39, 0.29) is 5.69 Å². The van der Waals surface area contributed by atoms with Gasteiger partial charge in [0.05, 0.1) is 12.2 Å². The van der Waals surface area contributed by atoms with Crippen LogP contribution in [0.5, 0.6) is 0 Å². The molecule has 2 heterocycles. The topological polar surface area (TPSA) is 71.2 Å². The predicted molar refractivity (Wildman–Crippen MR) is 73.7 cm³/mol. The first-order chi connectivity index (χ1) is 9.72. The normalized spacial score (nSPS) is 22.4. The Balaban J connectivity index is 1.46. The van der Waals surface area contributed by atoms with Gasteiger partial charge in [0.1, 0.15) is 0 Å². The average molecular weight is 278 g/mol. The maximum Gasteiger partial charge on any atom is 0.358 e. The first kappa shape index (κ1) is 13.5. The summed E-state index contributed by atoms with van der Waals surface area (Å²) < 4.78 is 1.70. The van der Waals surface area contributed by atoms with E-state index in [0.29, 0.717) is 6.04 Å². The molecule has 2 fully saturated rings. The van der Waals surface area contributed by atoms with Gasteiger partial charge in [0.25, 0.3) is 0 Å². The predicted octanol–water partition coefficient (Wildman–Crippen LogP) is 1.80. The van der Waals surface area contributed by atoms with Gasteiger partial charge < -0.3 is 5.11 Å². The minimum atomic E-state index is -1.01. The Bertz CT molecular complexity index is 459. The van der Waals surface area contributed by atoms with Gasteiger partial charge in [-0.05, 0) is 18.8 Å². The zero-order chi connectivity index (χ0) is 13.9. The van der Waals surface area contributed by atoms with Crippen LogP contribution in [-0.4, -0.2) is 50.6 Å². The lowest BCUT2D eigenvalue weighted by atomic mass is 9.97. The second kappa shape index (κ2) is 5.91. The molecule has 1 saturated carbocycles. The molecule has 0 aromatic carbocycles. The summed E-state index contributed by atoms with van der Waals surface area (Å²) in [6, 6.07) is 0.293. The fourth-order valence-corrected chi connectivity index (χ4v) is 3.32. The van der Waals surface area contributed by atoms with Crippen molar-refractivity contribution in [3.05, 3.63) is 11.9 Å². The molecule has 1 aromatic rings. The van der Waals surface area contributed by atoms with Gasteiger partial charge in [-0.2, -0.15) is 0 Å². The molecule has 20 heavy (non-hydrogen) atoms. The highest BCUT2D eigenvalue weighted by Crippen LogP contribution is 2.27. The van der Waals surface area contributed by atoms with Crippen molar-refractivity contribution in [1.29, 1.82) is 0 Å². The molecule has 1 aromatic heterocycles. The van der Waals surface area contributed by atoms with Crippen LogP contribution in [-0.2, 0) is 0 Å². The maximum atomic E-state index is 10.8. The molecule has 0 radical (unpaired) electrons. The molecule has 0 unspecified atom stereocenters. The van der Waals surface area contributed by atoms with Gasteiger partial charge in [-0.3, -0.25) is 4.90 Å². The Morgan fingerprint density at radius 1 is 1.25 bits per heavy atom. The van der Waals surface area contributed by atoms with Crippen molar-refractivity contribution in [2.24, 2.45) is 5.92 Å². The number of hydrogen-bond donors (Lipinski definition) is 1. The quantitative estimate of drug-likeness (QED) is 0.850. The Morgan fingerprint density at radius 2 is 1.95 bits per heavy atom. The van der Waals surface area contributed by atoms with Gasteiger partial charge in [-0.15, -0.1) is 5.10 Å². The summed E-state index contributed by atoms with van der Waals surface area (Å²) in [6.07, 6.45) is 9.84. The second-order valence-electron chi connectivity index (χ2n) is 6.12. The van der Waals surface area contributed by atoms with Gasteiger partial charge in [-0.1, -0.05) is 30.9 Å². The lowest BCUT2D eigenvalue weighted by Gasteiger charge is -2.40. The summed E-state index contributed by atoms with van der Waals surface area (Å²) in [7, 11) is 0. The summed E-state index contributed by atoms with van der Waals surface area (Å²) in [5.41, 5.74) is 0.0345. The van der Waals surface area contributed by atoms with Crippen LogP contribution in [0, 0.1) is 5.92 Å². The molecule has 6 nitrogen and oxygen atoms in total. The molecule has 0 amide bonds. The highest BCUT2D eigenvalue weighted by Gasteiger charge is 2.31. The van der Waals surface area contributed by atoms with Crippen LogP contribution < -0.4 is 0 Å². The van der Waals surface area contributed by atoms with E-state index in [1.54, 1.807) is 4.68 Å². The highest BCUT2D eigenvalue weighted by molar-refractivity contribution is 5.84. The molecule has 1 aliphatic carbocycles. The first-order valence-corrected chi connectivity index (χ1v) is 7.60. The number of hydrogen-bond acceptors (Lipinski definition) is 4. The third kappa shape index (κ3) is 3.00. The molecule has 6 heteroatoms.